The highest BCUT2D eigenvalue weighted by Crippen LogP contribution is 2.13. The Kier molecular flexibility index (Phi) is 5.93. The molecule has 3 heterocycles. The van der Waals surface area contributed by atoms with Gasteiger partial charge < -0.3 is 9.42 Å². The van der Waals surface area contributed by atoms with Crippen LogP contribution in [0.1, 0.15) is 23.4 Å². The van der Waals surface area contributed by atoms with Crippen LogP contribution in [0.15, 0.2) is 71.6 Å². The van der Waals surface area contributed by atoms with Crippen molar-refractivity contribution >= 4 is 5.91 Å². The Hall–Kier alpha value is -3.81. The number of hydrogen-bond donors (Lipinski definition) is 0. The van der Waals surface area contributed by atoms with Crippen LogP contribution in [0.25, 0.3) is 11.5 Å². The second-order valence-electron chi connectivity index (χ2n) is 7.01. The highest BCUT2D eigenvalue weighted by atomic mass is 16.5. The molecule has 8 nitrogen and oxygen atoms in total. The van der Waals surface area contributed by atoms with E-state index in [-0.39, 0.29) is 5.91 Å². The topological polar surface area (TPSA) is 89.9 Å². The maximum Gasteiger partial charge on any atom is 0.227 e. The molecule has 0 fully saturated rings. The Bertz CT molecular complexity index is 1090. The van der Waals surface area contributed by atoms with Gasteiger partial charge >= 0.3 is 0 Å². The summed E-state index contributed by atoms with van der Waals surface area (Å²) in [4.78, 5) is 22.7. The van der Waals surface area contributed by atoms with Crippen molar-refractivity contribution in [2.45, 2.75) is 25.9 Å². The summed E-state index contributed by atoms with van der Waals surface area (Å²) in [6, 6.07) is 15.6. The maximum atomic E-state index is 12.5. The highest BCUT2D eigenvalue weighted by molar-refractivity contribution is 5.76. The number of hydrogen-bond acceptors (Lipinski definition) is 6. The number of nitrogens with zero attached hydrogens (tertiary/aromatic N) is 6. The van der Waals surface area contributed by atoms with E-state index in [0.29, 0.717) is 43.3 Å². The molecular weight excluding hydrogens is 380 g/mol. The molecule has 0 atom stereocenters. The first kappa shape index (κ1) is 19.5. The van der Waals surface area contributed by atoms with Crippen LogP contribution in [0.5, 0.6) is 0 Å². The first-order chi connectivity index (χ1) is 14.7. The van der Waals surface area contributed by atoms with E-state index >= 15 is 0 Å². The van der Waals surface area contributed by atoms with Gasteiger partial charge in [0, 0.05) is 44.4 Å². The van der Waals surface area contributed by atoms with Gasteiger partial charge in [-0.2, -0.15) is 10.1 Å². The Labute approximate surface area is 174 Å². The zero-order valence-electron chi connectivity index (χ0n) is 16.7. The molecule has 0 saturated carbocycles. The summed E-state index contributed by atoms with van der Waals surface area (Å²) in [5.74, 6) is 0.855. The molecule has 1 aromatic carbocycles. The number of aromatic nitrogens is 5. The zero-order chi connectivity index (χ0) is 20.8. The van der Waals surface area contributed by atoms with Crippen LogP contribution in [-0.4, -0.2) is 42.8 Å². The van der Waals surface area contributed by atoms with Crippen LogP contribution in [-0.2, 0) is 24.3 Å². The van der Waals surface area contributed by atoms with Crippen LogP contribution >= 0.6 is 0 Å². The van der Waals surface area contributed by atoms with Crippen LogP contribution in [0, 0.1) is 0 Å². The lowest BCUT2D eigenvalue weighted by Gasteiger charge is -2.15. The van der Waals surface area contributed by atoms with E-state index in [4.69, 9.17) is 4.52 Å². The molecule has 4 rings (SSSR count). The van der Waals surface area contributed by atoms with Gasteiger partial charge in [0.25, 0.3) is 0 Å². The molecule has 152 valence electrons. The lowest BCUT2D eigenvalue weighted by molar-refractivity contribution is -0.130. The molecule has 0 bridgehead atoms. The summed E-state index contributed by atoms with van der Waals surface area (Å²) >= 11 is 0. The van der Waals surface area contributed by atoms with Crippen LogP contribution < -0.4 is 0 Å². The summed E-state index contributed by atoms with van der Waals surface area (Å²) in [6.07, 6.45) is 6.11. The average Bonchev–Trinajstić information content (AvgIpc) is 3.43. The van der Waals surface area contributed by atoms with E-state index in [1.54, 1.807) is 24.3 Å². The number of amides is 1. The molecule has 8 heteroatoms. The SMILES string of the molecule is CN(Cc1cnn(Cc2ccccc2)c1)C(=O)CCc1nc(-c2ccccn2)no1. The first-order valence-corrected chi connectivity index (χ1v) is 9.70. The Morgan fingerprint density at radius 2 is 1.93 bits per heavy atom. The van der Waals surface area contributed by atoms with E-state index < -0.39 is 0 Å². The minimum atomic E-state index is 0.00314. The Morgan fingerprint density at radius 3 is 2.73 bits per heavy atom. The number of rotatable bonds is 8. The van der Waals surface area contributed by atoms with Crippen LogP contribution in [0.3, 0.4) is 0 Å². The molecule has 1 amide bonds. The normalized spacial score (nSPS) is 10.8. The number of aryl methyl sites for hydroxylation is 1. The third kappa shape index (κ3) is 4.96. The smallest absolute Gasteiger partial charge is 0.227 e. The number of pyridine rings is 1. The molecule has 0 radical (unpaired) electrons. The van der Waals surface area contributed by atoms with Crippen molar-refractivity contribution in [1.29, 1.82) is 0 Å². The van der Waals surface area contributed by atoms with Gasteiger partial charge in [0.2, 0.25) is 17.6 Å². The van der Waals surface area contributed by atoms with Gasteiger partial charge in [-0.3, -0.25) is 14.5 Å². The Morgan fingerprint density at radius 1 is 1.10 bits per heavy atom. The van der Waals surface area contributed by atoms with Crippen molar-refractivity contribution < 1.29 is 9.32 Å². The van der Waals surface area contributed by atoms with Crippen molar-refractivity contribution in [3.8, 4) is 11.5 Å². The van der Waals surface area contributed by atoms with Gasteiger partial charge in [-0.05, 0) is 17.7 Å². The summed E-state index contributed by atoms with van der Waals surface area (Å²) in [5, 5.41) is 8.32. The number of carbonyl (C=O) groups is 1. The molecule has 0 N–H and O–H groups in total. The third-order valence-electron chi connectivity index (χ3n) is 4.63. The second-order valence-corrected chi connectivity index (χ2v) is 7.01. The van der Waals surface area contributed by atoms with Crippen LogP contribution in [0.2, 0.25) is 0 Å². The summed E-state index contributed by atoms with van der Waals surface area (Å²) < 4.78 is 7.12. The number of carbonyl (C=O) groups excluding carboxylic acids is 1. The molecule has 30 heavy (non-hydrogen) atoms. The summed E-state index contributed by atoms with van der Waals surface area (Å²) in [5.41, 5.74) is 2.81. The van der Waals surface area contributed by atoms with Gasteiger partial charge in [-0.25, -0.2) is 0 Å². The van der Waals surface area contributed by atoms with Crippen molar-refractivity contribution in [3.05, 3.63) is 84.1 Å². The van der Waals surface area contributed by atoms with Crippen molar-refractivity contribution in [3.63, 3.8) is 0 Å². The van der Waals surface area contributed by atoms with E-state index in [1.807, 2.05) is 47.3 Å². The van der Waals surface area contributed by atoms with E-state index in [9.17, 15) is 4.79 Å². The molecule has 4 aromatic rings. The minimum absolute atomic E-state index is 0.00314. The minimum Gasteiger partial charge on any atom is -0.341 e. The van der Waals surface area contributed by atoms with Crippen LogP contribution in [0.4, 0.5) is 0 Å². The van der Waals surface area contributed by atoms with Gasteiger partial charge in [0.15, 0.2) is 0 Å². The van der Waals surface area contributed by atoms with Gasteiger partial charge in [0.05, 0.1) is 12.7 Å². The van der Waals surface area contributed by atoms with Crippen molar-refractivity contribution in [2.75, 3.05) is 7.05 Å². The summed E-state index contributed by atoms with van der Waals surface area (Å²) in [6.45, 7) is 1.20. The lowest BCUT2D eigenvalue weighted by atomic mass is 10.2. The number of benzene rings is 1. The molecule has 0 saturated heterocycles. The van der Waals surface area contributed by atoms with Crippen molar-refractivity contribution in [1.82, 2.24) is 29.8 Å². The standard InChI is InChI=1S/C22H22N6O2/c1-27(14-18-13-24-28(16-18)15-17-7-3-2-4-8-17)21(29)11-10-20-25-22(26-30-20)19-9-5-6-12-23-19/h2-9,12-13,16H,10-11,14-15H2,1H3. The van der Waals surface area contributed by atoms with Crippen molar-refractivity contribution in [2.24, 2.45) is 0 Å². The third-order valence-corrected chi connectivity index (χ3v) is 4.63. The predicted octanol–water partition coefficient (Wildman–Crippen LogP) is 2.97. The molecule has 3 aromatic heterocycles. The van der Waals surface area contributed by atoms with Gasteiger partial charge in [-0.1, -0.05) is 41.6 Å². The fraction of sp³-hybridized carbons (Fsp3) is 0.227. The molecular formula is C22H22N6O2. The quantitative estimate of drug-likeness (QED) is 0.450. The van der Waals surface area contributed by atoms with Gasteiger partial charge in [0.1, 0.15) is 5.69 Å². The lowest BCUT2D eigenvalue weighted by Crippen LogP contribution is -2.26. The second kappa shape index (κ2) is 9.13. The molecule has 0 aliphatic heterocycles. The fourth-order valence-electron chi connectivity index (χ4n) is 3.07. The Balaban J connectivity index is 1.28. The monoisotopic (exact) mass is 402 g/mol. The predicted molar refractivity (Wildman–Crippen MR) is 110 cm³/mol. The summed E-state index contributed by atoms with van der Waals surface area (Å²) in [7, 11) is 1.78. The molecule has 0 aliphatic rings. The highest BCUT2D eigenvalue weighted by Gasteiger charge is 2.14. The average molecular weight is 402 g/mol. The zero-order valence-corrected chi connectivity index (χ0v) is 16.7. The largest absolute Gasteiger partial charge is 0.341 e. The van der Waals surface area contributed by atoms with E-state index in [2.05, 4.69) is 32.4 Å². The first-order valence-electron chi connectivity index (χ1n) is 9.70. The maximum absolute atomic E-state index is 12.5. The molecule has 0 unspecified atom stereocenters. The fourth-order valence-corrected chi connectivity index (χ4v) is 3.07. The van der Waals surface area contributed by atoms with Gasteiger partial charge in [-0.15, -0.1) is 0 Å². The molecule has 0 spiro atoms. The molecule has 0 aliphatic carbocycles. The van der Waals surface area contributed by atoms with E-state index in [1.165, 1.54) is 5.56 Å². The van der Waals surface area contributed by atoms with E-state index in [0.717, 1.165) is 5.56 Å².